The fourth-order valence-electron chi connectivity index (χ4n) is 1.14. The molecule has 0 amide bonds. The van der Waals surface area contributed by atoms with Gasteiger partial charge in [0.15, 0.2) is 0 Å². The second-order valence-electron chi connectivity index (χ2n) is 3.14. The van der Waals surface area contributed by atoms with Gasteiger partial charge < -0.3 is 15.6 Å². The number of carbonyl (C=O) groups is 1. The molecule has 0 aliphatic heterocycles. The van der Waals surface area contributed by atoms with Crippen molar-refractivity contribution in [1.29, 1.82) is 0 Å². The Morgan fingerprint density at radius 1 is 1.69 bits per heavy atom. The highest BCUT2D eigenvalue weighted by molar-refractivity contribution is 9.10. The van der Waals surface area contributed by atoms with Crippen LogP contribution < -0.4 is 5.73 Å². The zero-order valence-electron chi connectivity index (χ0n) is 8.76. The summed E-state index contributed by atoms with van der Waals surface area (Å²) in [6.45, 7) is 1.91. The molecule has 1 aromatic heterocycles. The molecular formula is C10H13BrN2O3. The highest BCUT2D eigenvalue weighted by Crippen LogP contribution is 2.17. The number of aromatic nitrogens is 1. The van der Waals surface area contributed by atoms with Gasteiger partial charge in [-0.1, -0.05) is 6.07 Å². The highest BCUT2D eigenvalue weighted by atomic mass is 79.9. The van der Waals surface area contributed by atoms with E-state index in [1.165, 1.54) is 6.20 Å². The minimum absolute atomic E-state index is 0.234. The molecule has 0 saturated carbocycles. The van der Waals surface area contributed by atoms with Crippen molar-refractivity contribution in [2.45, 2.75) is 19.1 Å². The van der Waals surface area contributed by atoms with Crippen LogP contribution in [0.25, 0.3) is 0 Å². The Morgan fingerprint density at radius 2 is 2.38 bits per heavy atom. The van der Waals surface area contributed by atoms with Crippen LogP contribution in [0.4, 0.5) is 0 Å². The van der Waals surface area contributed by atoms with Crippen LogP contribution in [0.2, 0.25) is 0 Å². The average molecular weight is 289 g/mol. The summed E-state index contributed by atoms with van der Waals surface area (Å²) in [5.41, 5.74) is 6.03. The molecule has 0 saturated heterocycles. The van der Waals surface area contributed by atoms with Crippen LogP contribution in [0, 0.1) is 0 Å². The Bertz CT molecular complexity index is 356. The minimum atomic E-state index is -1.11. The summed E-state index contributed by atoms with van der Waals surface area (Å²) in [7, 11) is 0. The minimum Gasteiger partial charge on any atom is -0.465 e. The van der Waals surface area contributed by atoms with Crippen molar-refractivity contribution in [1.82, 2.24) is 4.98 Å². The predicted octanol–water partition coefficient (Wildman–Crippen LogP) is 0.768. The third kappa shape index (κ3) is 3.26. The van der Waals surface area contributed by atoms with Gasteiger partial charge in [-0.05, 0) is 28.9 Å². The summed E-state index contributed by atoms with van der Waals surface area (Å²) in [5.74, 6) is -0.627. The van der Waals surface area contributed by atoms with E-state index in [0.29, 0.717) is 10.2 Å². The van der Waals surface area contributed by atoms with E-state index in [2.05, 4.69) is 20.9 Å². The van der Waals surface area contributed by atoms with Crippen LogP contribution in [0.5, 0.6) is 0 Å². The largest absolute Gasteiger partial charge is 0.465 e. The van der Waals surface area contributed by atoms with Crippen LogP contribution in [-0.4, -0.2) is 28.7 Å². The van der Waals surface area contributed by atoms with Gasteiger partial charge in [0.05, 0.1) is 6.61 Å². The number of ether oxygens (including phenoxy) is 1. The van der Waals surface area contributed by atoms with E-state index in [4.69, 9.17) is 10.5 Å². The highest BCUT2D eigenvalue weighted by Gasteiger charge is 2.25. The molecule has 0 radical (unpaired) electrons. The summed E-state index contributed by atoms with van der Waals surface area (Å²) in [6.07, 6.45) is 0.341. The van der Waals surface area contributed by atoms with Gasteiger partial charge >= 0.3 is 5.97 Å². The average Bonchev–Trinajstić information content (AvgIpc) is 2.28. The van der Waals surface area contributed by atoms with Gasteiger partial charge in [-0.25, -0.2) is 4.98 Å². The van der Waals surface area contributed by atoms with E-state index >= 15 is 0 Å². The SMILES string of the molecule is CCOC(=O)[C@@H](N)[C@@H](O)c1ccc(Br)nc1. The molecule has 2 atom stereocenters. The van der Waals surface area contributed by atoms with Gasteiger partial charge in [0.25, 0.3) is 0 Å². The molecule has 5 nitrogen and oxygen atoms in total. The van der Waals surface area contributed by atoms with Crippen molar-refractivity contribution in [3.8, 4) is 0 Å². The van der Waals surface area contributed by atoms with E-state index in [1.807, 2.05) is 0 Å². The van der Waals surface area contributed by atoms with Crippen molar-refractivity contribution in [3.63, 3.8) is 0 Å². The molecule has 1 heterocycles. The van der Waals surface area contributed by atoms with Crippen LogP contribution >= 0.6 is 15.9 Å². The van der Waals surface area contributed by atoms with E-state index in [9.17, 15) is 9.90 Å². The maximum atomic E-state index is 11.3. The van der Waals surface area contributed by atoms with Crippen LogP contribution in [-0.2, 0) is 9.53 Å². The fourth-order valence-corrected chi connectivity index (χ4v) is 1.37. The lowest BCUT2D eigenvalue weighted by Crippen LogP contribution is -2.38. The maximum absolute atomic E-state index is 11.3. The number of hydrogen-bond acceptors (Lipinski definition) is 5. The summed E-state index contributed by atoms with van der Waals surface area (Å²) >= 11 is 3.17. The van der Waals surface area contributed by atoms with Crippen molar-refractivity contribution in [2.75, 3.05) is 6.61 Å². The van der Waals surface area contributed by atoms with E-state index in [-0.39, 0.29) is 6.61 Å². The quantitative estimate of drug-likeness (QED) is 0.631. The Balaban J connectivity index is 2.73. The number of esters is 1. The topological polar surface area (TPSA) is 85.4 Å². The first-order valence-corrected chi connectivity index (χ1v) is 5.57. The van der Waals surface area contributed by atoms with Crippen molar-refractivity contribution in [3.05, 3.63) is 28.5 Å². The molecule has 0 bridgehead atoms. The lowest BCUT2D eigenvalue weighted by Gasteiger charge is -2.17. The summed E-state index contributed by atoms with van der Waals surface area (Å²) in [5, 5.41) is 9.80. The standard InChI is InChI=1S/C10H13BrN2O3/c1-2-16-10(15)8(12)9(14)6-3-4-7(11)13-5-6/h3-5,8-9,14H,2,12H2,1H3/t8-,9-/m0/s1. The number of nitrogens with two attached hydrogens (primary N) is 1. The fraction of sp³-hybridized carbons (Fsp3) is 0.400. The van der Waals surface area contributed by atoms with E-state index < -0.39 is 18.1 Å². The molecule has 16 heavy (non-hydrogen) atoms. The van der Waals surface area contributed by atoms with E-state index in [1.54, 1.807) is 19.1 Å². The molecule has 3 N–H and O–H groups in total. The second kappa shape index (κ2) is 5.93. The monoisotopic (exact) mass is 288 g/mol. The maximum Gasteiger partial charge on any atom is 0.325 e. The molecule has 1 aromatic rings. The number of aliphatic hydroxyl groups is 1. The molecule has 0 unspecified atom stereocenters. The Morgan fingerprint density at radius 3 is 2.88 bits per heavy atom. The lowest BCUT2D eigenvalue weighted by molar-refractivity contribution is -0.147. The first kappa shape index (κ1) is 13.1. The van der Waals surface area contributed by atoms with E-state index in [0.717, 1.165) is 0 Å². The van der Waals surface area contributed by atoms with Crippen molar-refractivity contribution < 1.29 is 14.6 Å². The number of hydrogen-bond donors (Lipinski definition) is 2. The molecule has 1 rings (SSSR count). The number of halogens is 1. The summed E-state index contributed by atoms with van der Waals surface area (Å²) in [6, 6.07) is 2.21. The van der Waals surface area contributed by atoms with Gasteiger partial charge in [-0.15, -0.1) is 0 Å². The third-order valence-electron chi connectivity index (χ3n) is 1.99. The zero-order valence-corrected chi connectivity index (χ0v) is 10.3. The molecule has 6 heteroatoms. The molecule has 0 spiro atoms. The lowest BCUT2D eigenvalue weighted by atomic mass is 10.1. The first-order valence-electron chi connectivity index (χ1n) is 4.78. The Hall–Kier alpha value is -0.980. The van der Waals surface area contributed by atoms with Gasteiger partial charge in [0.2, 0.25) is 0 Å². The van der Waals surface area contributed by atoms with Crippen LogP contribution in [0.15, 0.2) is 22.9 Å². The van der Waals surface area contributed by atoms with Gasteiger partial charge in [0, 0.05) is 11.8 Å². The molecule has 0 aliphatic carbocycles. The number of rotatable bonds is 4. The summed E-state index contributed by atoms with van der Waals surface area (Å²) in [4.78, 5) is 15.2. The normalized spacial score (nSPS) is 14.2. The van der Waals surface area contributed by atoms with Crippen molar-refractivity contribution in [2.24, 2.45) is 5.73 Å². The zero-order chi connectivity index (χ0) is 12.1. The molecule has 88 valence electrons. The smallest absolute Gasteiger partial charge is 0.325 e. The van der Waals surface area contributed by atoms with Crippen LogP contribution in [0.3, 0.4) is 0 Å². The molecule has 0 fully saturated rings. The number of aliphatic hydroxyl groups excluding tert-OH is 1. The van der Waals surface area contributed by atoms with Crippen LogP contribution in [0.1, 0.15) is 18.6 Å². The first-order chi connectivity index (χ1) is 7.56. The number of carbonyl (C=O) groups excluding carboxylic acids is 1. The third-order valence-corrected chi connectivity index (χ3v) is 2.46. The molecule has 0 aromatic carbocycles. The number of nitrogens with zero attached hydrogens (tertiary/aromatic N) is 1. The predicted molar refractivity (Wildman–Crippen MR) is 61.5 cm³/mol. The van der Waals surface area contributed by atoms with Gasteiger partial charge in [-0.3, -0.25) is 4.79 Å². The Labute approximate surface area is 102 Å². The molecule has 0 aliphatic rings. The van der Waals surface area contributed by atoms with Gasteiger partial charge in [-0.2, -0.15) is 0 Å². The molecular weight excluding hydrogens is 276 g/mol. The Kier molecular flexibility index (Phi) is 4.85. The van der Waals surface area contributed by atoms with Crippen molar-refractivity contribution >= 4 is 21.9 Å². The number of pyridine rings is 1. The summed E-state index contributed by atoms with van der Waals surface area (Å²) < 4.78 is 5.36. The second-order valence-corrected chi connectivity index (χ2v) is 3.95. The van der Waals surface area contributed by atoms with Gasteiger partial charge in [0.1, 0.15) is 16.7 Å².